The molecule has 0 spiro atoms. The van der Waals surface area contributed by atoms with Crippen LogP contribution in [0.1, 0.15) is 29.7 Å². The van der Waals surface area contributed by atoms with Gasteiger partial charge in [-0.1, -0.05) is 97.1 Å². The molecule has 0 amide bonds. The molecule has 0 aliphatic carbocycles. The quantitative estimate of drug-likeness (QED) is 0.263. The first-order valence-corrected chi connectivity index (χ1v) is 14.8. The van der Waals surface area contributed by atoms with Crippen molar-refractivity contribution in [3.8, 4) is 11.3 Å². The first-order valence-electron chi connectivity index (χ1n) is 13.4. The van der Waals surface area contributed by atoms with E-state index in [1.54, 1.807) is 0 Å². The Morgan fingerprint density at radius 1 is 0.811 bits per heavy atom. The molecular formula is C34H31N2P. The summed E-state index contributed by atoms with van der Waals surface area (Å²) in [6, 6.07) is 38.7. The third-order valence-corrected chi connectivity index (χ3v) is 10.6. The molecule has 182 valence electrons. The summed E-state index contributed by atoms with van der Waals surface area (Å²) in [7, 11) is -0.748. The number of hydrogen-bond donors (Lipinski definition) is 0. The molecule has 2 nitrogen and oxygen atoms in total. The average Bonchev–Trinajstić information content (AvgIpc) is 3.40. The van der Waals surface area contributed by atoms with Crippen LogP contribution >= 0.6 is 7.92 Å². The van der Waals surface area contributed by atoms with Crippen molar-refractivity contribution in [1.82, 2.24) is 9.88 Å². The first kappa shape index (κ1) is 22.8. The Bertz CT molecular complexity index is 1540. The maximum atomic E-state index is 5.34. The molecule has 0 radical (unpaired) electrons. The number of aromatic nitrogens is 1. The van der Waals surface area contributed by atoms with Gasteiger partial charge in [-0.25, -0.2) is 0 Å². The van der Waals surface area contributed by atoms with Gasteiger partial charge in [0, 0.05) is 23.8 Å². The van der Waals surface area contributed by atoms with Crippen molar-refractivity contribution in [3.63, 3.8) is 0 Å². The van der Waals surface area contributed by atoms with Crippen molar-refractivity contribution >= 4 is 34.6 Å². The van der Waals surface area contributed by atoms with Gasteiger partial charge < -0.3 is 0 Å². The number of hydrogen-bond acceptors (Lipinski definition) is 2. The van der Waals surface area contributed by atoms with Crippen LogP contribution in [0, 0.1) is 6.92 Å². The van der Waals surface area contributed by atoms with E-state index < -0.39 is 7.92 Å². The zero-order chi connectivity index (χ0) is 24.8. The zero-order valence-corrected chi connectivity index (χ0v) is 22.2. The molecule has 2 aliphatic rings. The fraction of sp³-hybridized carbons (Fsp3) is 0.206. The summed E-state index contributed by atoms with van der Waals surface area (Å²) in [6.45, 7) is 4.46. The van der Waals surface area contributed by atoms with E-state index in [1.165, 1.54) is 68.5 Å². The van der Waals surface area contributed by atoms with Crippen molar-refractivity contribution in [2.75, 3.05) is 6.54 Å². The Morgan fingerprint density at radius 2 is 1.51 bits per heavy atom. The van der Waals surface area contributed by atoms with Crippen LogP contribution in [-0.4, -0.2) is 22.5 Å². The van der Waals surface area contributed by atoms with E-state index in [0.717, 1.165) is 18.7 Å². The van der Waals surface area contributed by atoms with Crippen LogP contribution in [0.2, 0.25) is 0 Å². The minimum absolute atomic E-state index is 0.652. The molecule has 1 aromatic heterocycles. The highest BCUT2D eigenvalue weighted by Gasteiger charge is 2.33. The van der Waals surface area contributed by atoms with E-state index in [4.69, 9.17) is 4.98 Å². The second-order valence-electron chi connectivity index (χ2n) is 10.4. The van der Waals surface area contributed by atoms with E-state index in [9.17, 15) is 0 Å². The SMILES string of the molecule is Cc1cc2c(c(-c3c(P(c4ccccc4)c4ccccc4)ccc4ccccc34)n1)C[C@@H]1CCCN1C2. The Kier molecular flexibility index (Phi) is 5.88. The van der Waals surface area contributed by atoms with Gasteiger partial charge >= 0.3 is 0 Å². The lowest BCUT2D eigenvalue weighted by atomic mass is 9.89. The van der Waals surface area contributed by atoms with Crippen molar-refractivity contribution in [3.05, 3.63) is 120 Å². The Morgan fingerprint density at radius 3 is 2.27 bits per heavy atom. The van der Waals surface area contributed by atoms with Crippen molar-refractivity contribution in [2.24, 2.45) is 0 Å². The van der Waals surface area contributed by atoms with Crippen LogP contribution < -0.4 is 15.9 Å². The minimum Gasteiger partial charge on any atom is -0.296 e. The second-order valence-corrected chi connectivity index (χ2v) is 12.6. The minimum atomic E-state index is -0.748. The number of nitrogens with zero attached hydrogens (tertiary/aromatic N) is 2. The largest absolute Gasteiger partial charge is 0.296 e. The standard InChI is InChI=1S/C34H31N2P/c1-24-21-26-23-36-20-10-12-27(36)22-31(26)34(35-24)33-30-17-9-8-11-25(30)18-19-32(33)37(28-13-4-2-5-14-28)29-15-6-3-7-16-29/h2-9,11,13-19,21,27H,10,12,20,22-23H2,1H3/t27-/m0/s1. The van der Waals surface area contributed by atoms with E-state index in [2.05, 4.69) is 115 Å². The summed E-state index contributed by atoms with van der Waals surface area (Å²) in [6.07, 6.45) is 3.72. The molecule has 0 bridgehead atoms. The molecule has 1 atom stereocenters. The number of fused-ring (bicyclic) bond motifs is 3. The lowest BCUT2D eigenvalue weighted by molar-refractivity contribution is 0.227. The lowest BCUT2D eigenvalue weighted by Gasteiger charge is -2.33. The van der Waals surface area contributed by atoms with Gasteiger partial charge in [0.1, 0.15) is 0 Å². The predicted octanol–water partition coefficient (Wildman–Crippen LogP) is 6.49. The molecule has 0 N–H and O–H groups in total. The predicted molar refractivity (Wildman–Crippen MR) is 158 cm³/mol. The van der Waals surface area contributed by atoms with E-state index in [1.807, 2.05) is 0 Å². The highest BCUT2D eigenvalue weighted by Crippen LogP contribution is 2.43. The average molecular weight is 499 g/mol. The Balaban J connectivity index is 1.53. The number of pyridine rings is 1. The molecular weight excluding hydrogens is 467 g/mol. The zero-order valence-electron chi connectivity index (χ0n) is 21.3. The molecule has 7 rings (SSSR count). The smallest absolute Gasteiger partial charge is 0.0753 e. The fourth-order valence-electron chi connectivity index (χ4n) is 6.41. The fourth-order valence-corrected chi connectivity index (χ4v) is 8.88. The topological polar surface area (TPSA) is 16.1 Å². The molecule has 2 aliphatic heterocycles. The van der Waals surface area contributed by atoms with E-state index in [-0.39, 0.29) is 0 Å². The molecule has 0 saturated carbocycles. The van der Waals surface area contributed by atoms with Gasteiger partial charge in [0.25, 0.3) is 0 Å². The maximum absolute atomic E-state index is 5.34. The van der Waals surface area contributed by atoms with Crippen LogP contribution in [0.4, 0.5) is 0 Å². The molecule has 0 unspecified atom stereocenters. The summed E-state index contributed by atoms with van der Waals surface area (Å²) in [5.41, 5.74) is 6.62. The highest BCUT2D eigenvalue weighted by atomic mass is 31.1. The molecule has 37 heavy (non-hydrogen) atoms. The summed E-state index contributed by atoms with van der Waals surface area (Å²) < 4.78 is 0. The normalized spacial score (nSPS) is 17.2. The van der Waals surface area contributed by atoms with E-state index >= 15 is 0 Å². The highest BCUT2D eigenvalue weighted by molar-refractivity contribution is 7.80. The van der Waals surface area contributed by atoms with Crippen molar-refractivity contribution in [2.45, 2.75) is 38.8 Å². The summed E-state index contributed by atoms with van der Waals surface area (Å²) in [4.78, 5) is 8.03. The third-order valence-electron chi connectivity index (χ3n) is 8.07. The van der Waals surface area contributed by atoms with Crippen LogP contribution in [0.5, 0.6) is 0 Å². The van der Waals surface area contributed by atoms with E-state index in [0.29, 0.717) is 6.04 Å². The van der Waals surface area contributed by atoms with Crippen LogP contribution in [-0.2, 0) is 13.0 Å². The van der Waals surface area contributed by atoms with Crippen LogP contribution in [0.15, 0.2) is 103 Å². The monoisotopic (exact) mass is 498 g/mol. The maximum Gasteiger partial charge on any atom is 0.0753 e. The molecule has 1 fully saturated rings. The number of aryl methyl sites for hydroxylation is 1. The molecule has 1 saturated heterocycles. The van der Waals surface area contributed by atoms with Gasteiger partial charge in [0.15, 0.2) is 0 Å². The van der Waals surface area contributed by atoms with Crippen LogP contribution in [0.3, 0.4) is 0 Å². The Hall–Kier alpha value is -3.32. The molecule has 3 heterocycles. The molecule has 3 heteroatoms. The summed E-state index contributed by atoms with van der Waals surface area (Å²) >= 11 is 0. The Labute approximate surface area is 220 Å². The van der Waals surface area contributed by atoms with Crippen molar-refractivity contribution in [1.29, 1.82) is 0 Å². The number of rotatable bonds is 4. The third kappa shape index (κ3) is 4.09. The second kappa shape index (κ2) is 9.53. The van der Waals surface area contributed by atoms with Gasteiger partial charge in [0.05, 0.1) is 5.69 Å². The van der Waals surface area contributed by atoms with Crippen LogP contribution in [0.25, 0.3) is 22.0 Å². The molecule has 4 aromatic carbocycles. The first-order chi connectivity index (χ1) is 18.3. The van der Waals surface area contributed by atoms with Gasteiger partial charge in [0.2, 0.25) is 0 Å². The number of benzene rings is 4. The summed E-state index contributed by atoms with van der Waals surface area (Å²) in [5.74, 6) is 0. The summed E-state index contributed by atoms with van der Waals surface area (Å²) in [5, 5.41) is 6.76. The molecule has 5 aromatic rings. The lowest BCUT2D eigenvalue weighted by Crippen LogP contribution is -2.36. The van der Waals surface area contributed by atoms with Gasteiger partial charge in [-0.05, 0) is 84.5 Å². The van der Waals surface area contributed by atoms with Gasteiger partial charge in [-0.15, -0.1) is 0 Å². The van der Waals surface area contributed by atoms with Gasteiger partial charge in [-0.3, -0.25) is 9.88 Å². The van der Waals surface area contributed by atoms with Gasteiger partial charge in [-0.2, -0.15) is 0 Å². The van der Waals surface area contributed by atoms with Crippen molar-refractivity contribution < 1.29 is 0 Å².